The fraction of sp³-hybridized carbons (Fsp3) is 0.333. The van der Waals surface area contributed by atoms with Gasteiger partial charge in [0.05, 0.1) is 5.56 Å². The van der Waals surface area contributed by atoms with Gasteiger partial charge in [0, 0.05) is 5.92 Å². The Morgan fingerprint density at radius 2 is 1.79 bits per heavy atom. The van der Waals surface area contributed by atoms with Gasteiger partial charge in [-0.1, -0.05) is 55.8 Å². The van der Waals surface area contributed by atoms with Gasteiger partial charge in [-0.05, 0) is 64.8 Å². The van der Waals surface area contributed by atoms with Gasteiger partial charge < -0.3 is 0 Å². The molecular weight excluding hydrogens is 364 g/mol. The lowest BCUT2D eigenvalue weighted by atomic mass is 9.69. The smallest absolute Gasteiger partial charge is 0.206 e. The highest BCUT2D eigenvalue weighted by Crippen LogP contribution is 2.45. The van der Waals surface area contributed by atoms with Crippen molar-refractivity contribution in [2.45, 2.75) is 44.7 Å². The molecule has 0 radical (unpaired) electrons. The molecule has 146 valence electrons. The van der Waals surface area contributed by atoms with Crippen molar-refractivity contribution in [2.24, 2.45) is 5.92 Å². The predicted molar refractivity (Wildman–Crippen MR) is 104 cm³/mol. The van der Waals surface area contributed by atoms with Crippen molar-refractivity contribution in [1.29, 1.82) is 0 Å². The summed E-state index contributed by atoms with van der Waals surface area (Å²) in [5, 5.41) is 2.35. The van der Waals surface area contributed by atoms with Gasteiger partial charge in [-0.2, -0.15) is 13.2 Å². The largest absolute Gasteiger partial charge is 0.419 e. The molecular formula is C24H22F4. The summed E-state index contributed by atoms with van der Waals surface area (Å²) in [7, 11) is 0. The molecule has 3 aromatic carbocycles. The molecule has 2 atom stereocenters. The first-order valence-electron chi connectivity index (χ1n) is 9.77. The van der Waals surface area contributed by atoms with Crippen molar-refractivity contribution in [1.82, 2.24) is 0 Å². The molecule has 4 rings (SSSR count). The van der Waals surface area contributed by atoms with Crippen LogP contribution in [0.25, 0.3) is 10.8 Å². The summed E-state index contributed by atoms with van der Waals surface area (Å²) in [6, 6.07) is 15.8. The zero-order valence-electron chi connectivity index (χ0n) is 15.7. The van der Waals surface area contributed by atoms with Crippen LogP contribution in [0.3, 0.4) is 0 Å². The highest BCUT2D eigenvalue weighted by atomic mass is 19.4. The molecule has 0 heterocycles. The zero-order valence-corrected chi connectivity index (χ0v) is 15.7. The Morgan fingerprint density at radius 3 is 2.50 bits per heavy atom. The summed E-state index contributed by atoms with van der Waals surface area (Å²) >= 11 is 0. The van der Waals surface area contributed by atoms with Crippen molar-refractivity contribution in [3.8, 4) is 0 Å². The number of rotatable bonds is 3. The SMILES string of the molecule is CCC[C@@H]1CCc2c(ccc3ccccc23)[C@H]1c1ccc(C(F)(F)F)c(F)c1. The minimum Gasteiger partial charge on any atom is -0.206 e. The van der Waals surface area contributed by atoms with Crippen molar-refractivity contribution < 1.29 is 17.6 Å². The molecule has 0 aliphatic heterocycles. The molecule has 0 amide bonds. The van der Waals surface area contributed by atoms with Crippen molar-refractivity contribution in [3.63, 3.8) is 0 Å². The number of hydrogen-bond acceptors (Lipinski definition) is 0. The van der Waals surface area contributed by atoms with Crippen molar-refractivity contribution in [2.75, 3.05) is 0 Å². The monoisotopic (exact) mass is 386 g/mol. The van der Waals surface area contributed by atoms with Crippen LogP contribution in [0.15, 0.2) is 54.6 Å². The maximum Gasteiger partial charge on any atom is 0.419 e. The molecule has 0 aromatic heterocycles. The molecule has 0 saturated heterocycles. The highest BCUT2D eigenvalue weighted by molar-refractivity contribution is 5.87. The highest BCUT2D eigenvalue weighted by Gasteiger charge is 2.36. The molecule has 4 heteroatoms. The Hall–Kier alpha value is -2.36. The molecule has 1 aliphatic carbocycles. The Morgan fingerprint density at radius 1 is 1.00 bits per heavy atom. The Balaban J connectivity index is 1.86. The van der Waals surface area contributed by atoms with Crippen LogP contribution in [0.1, 0.15) is 54.4 Å². The van der Waals surface area contributed by atoms with Gasteiger partial charge in [-0.3, -0.25) is 0 Å². The predicted octanol–water partition coefficient (Wildman–Crippen LogP) is 7.49. The molecule has 0 spiro atoms. The summed E-state index contributed by atoms with van der Waals surface area (Å²) in [4.78, 5) is 0. The summed E-state index contributed by atoms with van der Waals surface area (Å²) in [6.45, 7) is 2.11. The number of halogens is 4. The Bertz CT molecular complexity index is 1000. The van der Waals surface area contributed by atoms with E-state index >= 15 is 0 Å². The number of benzene rings is 3. The third-order valence-corrected chi connectivity index (χ3v) is 5.97. The van der Waals surface area contributed by atoms with Crippen LogP contribution >= 0.6 is 0 Å². The van der Waals surface area contributed by atoms with E-state index in [1.807, 2.05) is 12.1 Å². The summed E-state index contributed by atoms with van der Waals surface area (Å²) in [5.74, 6) is -0.965. The van der Waals surface area contributed by atoms with Crippen LogP contribution in [-0.4, -0.2) is 0 Å². The van der Waals surface area contributed by atoms with E-state index < -0.39 is 17.6 Å². The molecule has 0 N–H and O–H groups in total. The standard InChI is InChI=1S/C24H22F4/c1-2-5-16-9-11-19-18-7-4-3-6-15(18)8-12-20(19)23(16)17-10-13-21(22(25)14-17)24(26,27)28/h3-4,6-8,10,12-14,16,23H,2,5,9,11H2,1H3/t16-,23-/m1/s1. The zero-order chi connectivity index (χ0) is 19.9. The lowest BCUT2D eigenvalue weighted by molar-refractivity contribution is -0.140. The lowest BCUT2D eigenvalue weighted by Gasteiger charge is -2.35. The average Bonchev–Trinajstić information content (AvgIpc) is 2.66. The second-order valence-electron chi connectivity index (χ2n) is 7.66. The first kappa shape index (κ1) is 19.0. The second kappa shape index (κ2) is 7.23. The molecule has 3 aromatic rings. The fourth-order valence-electron chi connectivity index (χ4n) is 4.76. The van der Waals surface area contributed by atoms with E-state index in [1.165, 1.54) is 17.0 Å². The van der Waals surface area contributed by atoms with Gasteiger partial charge in [0.25, 0.3) is 0 Å². The molecule has 0 unspecified atom stereocenters. The summed E-state index contributed by atoms with van der Waals surface area (Å²) in [5.41, 5.74) is 1.82. The van der Waals surface area contributed by atoms with Gasteiger partial charge in [-0.15, -0.1) is 0 Å². The summed E-state index contributed by atoms with van der Waals surface area (Å²) < 4.78 is 53.3. The van der Waals surface area contributed by atoms with Crippen LogP contribution < -0.4 is 0 Å². The van der Waals surface area contributed by atoms with E-state index in [0.29, 0.717) is 11.5 Å². The van der Waals surface area contributed by atoms with Gasteiger partial charge in [0.15, 0.2) is 0 Å². The second-order valence-corrected chi connectivity index (χ2v) is 7.66. The quantitative estimate of drug-likeness (QED) is 0.409. The minimum atomic E-state index is -4.67. The molecule has 28 heavy (non-hydrogen) atoms. The van der Waals surface area contributed by atoms with Crippen LogP contribution in [0.5, 0.6) is 0 Å². The third-order valence-electron chi connectivity index (χ3n) is 5.97. The van der Waals surface area contributed by atoms with E-state index in [9.17, 15) is 17.6 Å². The van der Waals surface area contributed by atoms with E-state index in [1.54, 1.807) is 0 Å². The van der Waals surface area contributed by atoms with Crippen molar-refractivity contribution >= 4 is 10.8 Å². The van der Waals surface area contributed by atoms with E-state index in [2.05, 4.69) is 31.2 Å². The van der Waals surface area contributed by atoms with Crippen molar-refractivity contribution in [3.05, 3.63) is 82.7 Å². The van der Waals surface area contributed by atoms with E-state index in [0.717, 1.165) is 48.8 Å². The van der Waals surface area contributed by atoms with Crippen LogP contribution in [0, 0.1) is 11.7 Å². The lowest BCUT2D eigenvalue weighted by Crippen LogP contribution is -2.22. The maximum atomic E-state index is 14.3. The molecule has 0 saturated carbocycles. The Labute approximate surface area is 162 Å². The number of alkyl halides is 3. The van der Waals surface area contributed by atoms with Crippen LogP contribution in [0.4, 0.5) is 17.6 Å². The average molecular weight is 386 g/mol. The van der Waals surface area contributed by atoms with Gasteiger partial charge in [-0.25, -0.2) is 4.39 Å². The van der Waals surface area contributed by atoms with Crippen LogP contribution in [0.2, 0.25) is 0 Å². The maximum absolute atomic E-state index is 14.3. The van der Waals surface area contributed by atoms with E-state index in [-0.39, 0.29) is 5.92 Å². The summed E-state index contributed by atoms with van der Waals surface area (Å²) in [6.07, 6.45) is -0.804. The van der Waals surface area contributed by atoms with Gasteiger partial charge >= 0.3 is 6.18 Å². The normalized spacial score (nSPS) is 19.6. The topological polar surface area (TPSA) is 0 Å². The molecule has 0 nitrogen and oxygen atoms in total. The number of hydrogen-bond donors (Lipinski definition) is 0. The third kappa shape index (κ3) is 3.30. The Kier molecular flexibility index (Phi) is 4.90. The van der Waals surface area contributed by atoms with E-state index in [4.69, 9.17) is 0 Å². The van der Waals surface area contributed by atoms with Gasteiger partial charge in [0.2, 0.25) is 0 Å². The minimum absolute atomic E-state index is 0.0786. The molecule has 1 aliphatic rings. The number of fused-ring (bicyclic) bond motifs is 3. The molecule has 0 fully saturated rings. The number of aryl methyl sites for hydroxylation is 1. The fourth-order valence-corrected chi connectivity index (χ4v) is 4.76. The van der Waals surface area contributed by atoms with Crippen LogP contribution in [-0.2, 0) is 12.6 Å². The first-order valence-corrected chi connectivity index (χ1v) is 9.77. The van der Waals surface area contributed by atoms with Gasteiger partial charge in [0.1, 0.15) is 5.82 Å². The molecule has 0 bridgehead atoms. The first-order chi connectivity index (χ1) is 13.4.